The molecule has 0 atom stereocenters. The minimum atomic E-state index is -0.329. The van der Waals surface area contributed by atoms with Crippen LogP contribution >= 0.6 is 0 Å². The minimum Gasteiger partial charge on any atom is -0.463 e. The first-order valence-corrected chi connectivity index (χ1v) is 9.10. The van der Waals surface area contributed by atoms with E-state index in [2.05, 4.69) is 20.2 Å². The van der Waals surface area contributed by atoms with E-state index in [4.69, 9.17) is 4.42 Å². The number of hydrogen-bond donors (Lipinski definition) is 2. The number of aromatic nitrogens is 3. The fourth-order valence-corrected chi connectivity index (χ4v) is 3.37. The highest BCUT2D eigenvalue weighted by Gasteiger charge is 2.16. The lowest BCUT2D eigenvalue weighted by Gasteiger charge is -2.09. The number of nitrogens with zero attached hydrogens (tertiary/aromatic N) is 3. The molecule has 0 aliphatic carbocycles. The second-order valence-corrected chi connectivity index (χ2v) is 6.48. The third-order valence-electron chi connectivity index (χ3n) is 4.80. The Labute approximate surface area is 161 Å². The summed E-state index contributed by atoms with van der Waals surface area (Å²) >= 11 is 0. The number of nitrogens with one attached hydrogen (secondary N) is 2. The van der Waals surface area contributed by atoms with E-state index >= 15 is 0 Å². The molecule has 1 aromatic carbocycles. The van der Waals surface area contributed by atoms with Crippen LogP contribution < -0.4 is 10.6 Å². The van der Waals surface area contributed by atoms with E-state index in [0.29, 0.717) is 17.8 Å². The summed E-state index contributed by atoms with van der Waals surface area (Å²) in [5, 5.41) is 5.46. The average molecular weight is 379 g/mol. The van der Waals surface area contributed by atoms with Crippen LogP contribution in [-0.2, 0) is 24.9 Å². The predicted molar refractivity (Wildman–Crippen MR) is 105 cm³/mol. The van der Waals surface area contributed by atoms with Gasteiger partial charge in [0, 0.05) is 25.7 Å². The Morgan fingerprint density at radius 1 is 1.14 bits per heavy atom. The number of benzene rings is 1. The Balaban J connectivity index is 1.36. The number of rotatable bonds is 6. The van der Waals surface area contributed by atoms with Gasteiger partial charge in [0.1, 0.15) is 11.5 Å². The number of para-hydroxylation sites is 2. The number of amides is 2. The number of furan rings is 1. The first-order valence-electron chi connectivity index (χ1n) is 9.10. The van der Waals surface area contributed by atoms with Gasteiger partial charge >= 0.3 is 0 Å². The molecule has 0 aliphatic heterocycles. The van der Waals surface area contributed by atoms with Gasteiger partial charge in [0.15, 0.2) is 5.58 Å². The van der Waals surface area contributed by atoms with Crippen LogP contribution in [0.15, 0.2) is 47.1 Å². The van der Waals surface area contributed by atoms with Crippen LogP contribution in [-0.4, -0.2) is 32.5 Å². The highest BCUT2D eigenvalue weighted by Crippen LogP contribution is 2.19. The van der Waals surface area contributed by atoms with E-state index in [1.54, 1.807) is 30.0 Å². The number of carbonyl (C=O) groups is 2. The van der Waals surface area contributed by atoms with Crippen LogP contribution in [0.2, 0.25) is 0 Å². The fourth-order valence-electron chi connectivity index (χ4n) is 3.37. The zero-order valence-corrected chi connectivity index (χ0v) is 15.7. The third kappa shape index (κ3) is 3.13. The highest BCUT2D eigenvalue weighted by atomic mass is 16.3. The lowest BCUT2D eigenvalue weighted by atomic mass is 10.3. The maximum atomic E-state index is 12.4. The Morgan fingerprint density at radius 2 is 1.96 bits per heavy atom. The summed E-state index contributed by atoms with van der Waals surface area (Å²) in [4.78, 5) is 29.1. The standard InChI is InChI=1S/C20H21N5O3/c1-3-25-14-7-5-4-6-13(14)23-18(25)11-21-19(26)12-22-20(27)16-10-17-15(24(16)2)8-9-28-17/h4-10H,3,11-12H2,1-2H3,(H,21,26)(H,22,27). The van der Waals surface area contributed by atoms with Gasteiger partial charge in [0.2, 0.25) is 5.91 Å². The molecule has 0 spiro atoms. The van der Waals surface area contributed by atoms with Gasteiger partial charge in [0.05, 0.1) is 35.9 Å². The van der Waals surface area contributed by atoms with Gasteiger partial charge in [-0.3, -0.25) is 9.59 Å². The maximum Gasteiger partial charge on any atom is 0.268 e. The van der Waals surface area contributed by atoms with Crippen LogP contribution in [0.3, 0.4) is 0 Å². The van der Waals surface area contributed by atoms with Gasteiger partial charge in [-0.2, -0.15) is 0 Å². The number of aryl methyl sites for hydroxylation is 2. The van der Waals surface area contributed by atoms with Crippen LogP contribution in [0.5, 0.6) is 0 Å². The Kier molecular flexibility index (Phi) is 4.60. The fraction of sp³-hybridized carbons (Fsp3) is 0.250. The monoisotopic (exact) mass is 379 g/mol. The molecule has 8 nitrogen and oxygen atoms in total. The predicted octanol–water partition coefficient (Wildman–Crippen LogP) is 2.19. The molecule has 0 bridgehead atoms. The lowest BCUT2D eigenvalue weighted by Crippen LogP contribution is -2.37. The first kappa shape index (κ1) is 17.8. The van der Waals surface area contributed by atoms with Crippen molar-refractivity contribution >= 4 is 33.9 Å². The molecule has 3 aromatic heterocycles. The molecule has 0 fully saturated rings. The number of hydrogen-bond acceptors (Lipinski definition) is 4. The quantitative estimate of drug-likeness (QED) is 0.537. The highest BCUT2D eigenvalue weighted by molar-refractivity contribution is 5.99. The molecule has 3 heterocycles. The van der Waals surface area contributed by atoms with Gasteiger partial charge in [-0.25, -0.2) is 4.98 Å². The second kappa shape index (κ2) is 7.22. The van der Waals surface area contributed by atoms with Crippen molar-refractivity contribution in [1.82, 2.24) is 24.8 Å². The van der Waals surface area contributed by atoms with Gasteiger partial charge in [0.25, 0.3) is 5.91 Å². The zero-order chi connectivity index (χ0) is 19.7. The molecule has 0 aliphatic rings. The summed E-state index contributed by atoms with van der Waals surface area (Å²) in [5.41, 5.74) is 3.84. The van der Waals surface area contributed by atoms with Gasteiger partial charge in [-0.05, 0) is 19.1 Å². The van der Waals surface area contributed by atoms with Gasteiger partial charge in [-0.15, -0.1) is 0 Å². The van der Waals surface area contributed by atoms with E-state index in [1.165, 1.54) is 0 Å². The van der Waals surface area contributed by atoms with Crippen molar-refractivity contribution in [3.63, 3.8) is 0 Å². The molecular weight excluding hydrogens is 358 g/mol. The lowest BCUT2D eigenvalue weighted by molar-refractivity contribution is -0.120. The molecule has 28 heavy (non-hydrogen) atoms. The van der Waals surface area contributed by atoms with Crippen molar-refractivity contribution in [2.45, 2.75) is 20.0 Å². The summed E-state index contributed by atoms with van der Waals surface area (Å²) in [6.07, 6.45) is 1.57. The molecule has 8 heteroatoms. The Morgan fingerprint density at radius 3 is 2.75 bits per heavy atom. The second-order valence-electron chi connectivity index (χ2n) is 6.48. The van der Waals surface area contributed by atoms with E-state index < -0.39 is 0 Å². The van der Waals surface area contributed by atoms with Crippen LogP contribution in [0.4, 0.5) is 0 Å². The maximum absolute atomic E-state index is 12.4. The van der Waals surface area contributed by atoms with Crippen molar-refractivity contribution in [1.29, 1.82) is 0 Å². The third-order valence-corrected chi connectivity index (χ3v) is 4.80. The number of carbonyl (C=O) groups excluding carboxylic acids is 2. The molecule has 2 amide bonds. The molecule has 144 valence electrons. The first-order chi connectivity index (χ1) is 13.6. The van der Waals surface area contributed by atoms with E-state index in [-0.39, 0.29) is 18.4 Å². The summed E-state index contributed by atoms with van der Waals surface area (Å²) in [7, 11) is 1.78. The Bertz CT molecular complexity index is 1170. The summed E-state index contributed by atoms with van der Waals surface area (Å²) in [6, 6.07) is 11.3. The van der Waals surface area contributed by atoms with Crippen LogP contribution in [0.25, 0.3) is 22.1 Å². The summed E-state index contributed by atoms with van der Waals surface area (Å²) in [5.74, 6) is 0.178. The normalized spacial score (nSPS) is 11.2. The largest absolute Gasteiger partial charge is 0.463 e. The van der Waals surface area contributed by atoms with Crippen LogP contribution in [0, 0.1) is 0 Å². The molecule has 4 aromatic rings. The number of fused-ring (bicyclic) bond motifs is 2. The number of imidazole rings is 1. The van der Waals surface area contributed by atoms with Crippen molar-refractivity contribution in [2.75, 3.05) is 6.54 Å². The van der Waals surface area contributed by atoms with E-state index in [1.807, 2.05) is 31.2 Å². The molecule has 0 saturated carbocycles. The Hall–Kier alpha value is -3.55. The summed E-state index contributed by atoms with van der Waals surface area (Å²) < 4.78 is 9.09. The molecule has 0 radical (unpaired) electrons. The summed E-state index contributed by atoms with van der Waals surface area (Å²) in [6.45, 7) is 2.99. The molecule has 0 saturated heterocycles. The van der Waals surface area contributed by atoms with E-state index in [0.717, 1.165) is 28.9 Å². The topological polar surface area (TPSA) is 94.1 Å². The van der Waals surface area contributed by atoms with E-state index in [9.17, 15) is 9.59 Å². The van der Waals surface area contributed by atoms with Crippen molar-refractivity contribution in [3.8, 4) is 0 Å². The van der Waals surface area contributed by atoms with Crippen molar-refractivity contribution in [3.05, 3.63) is 54.2 Å². The van der Waals surface area contributed by atoms with Crippen molar-refractivity contribution < 1.29 is 14.0 Å². The van der Waals surface area contributed by atoms with Crippen LogP contribution in [0.1, 0.15) is 23.2 Å². The molecular formula is C20H21N5O3. The van der Waals surface area contributed by atoms with Crippen molar-refractivity contribution in [2.24, 2.45) is 7.05 Å². The average Bonchev–Trinajstić information content (AvgIpc) is 3.38. The van der Waals surface area contributed by atoms with Gasteiger partial charge < -0.3 is 24.2 Å². The van der Waals surface area contributed by atoms with Gasteiger partial charge in [-0.1, -0.05) is 12.1 Å². The minimum absolute atomic E-state index is 0.113. The molecule has 2 N–H and O–H groups in total. The molecule has 0 unspecified atom stereocenters. The zero-order valence-electron chi connectivity index (χ0n) is 15.7. The SMILES string of the molecule is CCn1c(CNC(=O)CNC(=O)c2cc3occc3n2C)nc2ccccc21. The molecule has 4 rings (SSSR count). The smallest absolute Gasteiger partial charge is 0.268 e.